The highest BCUT2D eigenvalue weighted by Gasteiger charge is 2.17. The molecule has 1 amide bonds. The number of nitrogens with zero attached hydrogens (tertiary/aromatic N) is 1. The molecular formula is C24H33N3O3S. The molecule has 3 rings (SSSR count). The van der Waals surface area contributed by atoms with E-state index in [4.69, 9.17) is 0 Å². The average molecular weight is 444 g/mol. The highest BCUT2D eigenvalue weighted by atomic mass is 32.2. The number of hydrogen-bond donors (Lipinski definition) is 2. The van der Waals surface area contributed by atoms with E-state index in [2.05, 4.69) is 21.9 Å². The van der Waals surface area contributed by atoms with Gasteiger partial charge in [-0.2, -0.15) is 0 Å². The summed E-state index contributed by atoms with van der Waals surface area (Å²) in [7, 11) is -3.72. The van der Waals surface area contributed by atoms with Crippen molar-refractivity contribution in [2.45, 2.75) is 44.9 Å². The lowest BCUT2D eigenvalue weighted by molar-refractivity contribution is 0.0950. The molecule has 1 saturated heterocycles. The Labute approximate surface area is 186 Å². The standard InChI is InChI=1S/C24H33N3O3S/c1-18-12-16-27(17-13-18)15-5-14-25-24(28)21-8-10-22(11-9-21)31(29,30)26-23-7-4-6-19(2)20(23)3/h4,6-11,18,26H,5,12-17H2,1-3H3,(H,25,28). The van der Waals surface area contributed by atoms with Crippen molar-refractivity contribution < 1.29 is 13.2 Å². The van der Waals surface area contributed by atoms with Crippen molar-refractivity contribution in [2.24, 2.45) is 5.92 Å². The molecule has 0 atom stereocenters. The van der Waals surface area contributed by atoms with Crippen molar-refractivity contribution in [3.05, 3.63) is 59.2 Å². The Morgan fingerprint density at radius 1 is 1.06 bits per heavy atom. The first-order chi connectivity index (χ1) is 14.8. The van der Waals surface area contributed by atoms with Crippen LogP contribution in [-0.4, -0.2) is 45.4 Å². The summed E-state index contributed by atoms with van der Waals surface area (Å²) in [6.45, 7) is 10.0. The maximum Gasteiger partial charge on any atom is 0.261 e. The van der Waals surface area contributed by atoms with Crippen LogP contribution in [0.1, 0.15) is 47.7 Å². The molecule has 1 fully saturated rings. The van der Waals surface area contributed by atoms with Gasteiger partial charge in [-0.15, -0.1) is 0 Å². The van der Waals surface area contributed by atoms with Crippen molar-refractivity contribution in [3.8, 4) is 0 Å². The molecule has 1 heterocycles. The Kier molecular flexibility index (Phi) is 7.73. The predicted molar refractivity (Wildman–Crippen MR) is 125 cm³/mol. The first-order valence-electron chi connectivity index (χ1n) is 11.0. The second kappa shape index (κ2) is 10.3. The summed E-state index contributed by atoms with van der Waals surface area (Å²) in [5.74, 6) is 0.637. The van der Waals surface area contributed by atoms with E-state index in [1.165, 1.54) is 25.0 Å². The molecule has 0 unspecified atom stereocenters. The molecule has 2 aromatic carbocycles. The summed E-state index contributed by atoms with van der Waals surface area (Å²) in [5, 5.41) is 2.93. The molecule has 0 radical (unpaired) electrons. The van der Waals surface area contributed by atoms with Gasteiger partial charge in [0.25, 0.3) is 15.9 Å². The molecule has 0 aliphatic carbocycles. The Balaban J connectivity index is 1.51. The Morgan fingerprint density at radius 2 is 1.74 bits per heavy atom. The van der Waals surface area contributed by atoms with Crippen LogP contribution < -0.4 is 10.0 Å². The van der Waals surface area contributed by atoms with E-state index in [9.17, 15) is 13.2 Å². The van der Waals surface area contributed by atoms with Gasteiger partial charge in [0.1, 0.15) is 0 Å². The number of amides is 1. The summed E-state index contributed by atoms with van der Waals surface area (Å²) in [4.78, 5) is 15.0. The van der Waals surface area contributed by atoms with Crippen LogP contribution in [0.2, 0.25) is 0 Å². The maximum atomic E-state index is 12.7. The van der Waals surface area contributed by atoms with E-state index < -0.39 is 10.0 Å². The monoisotopic (exact) mass is 443 g/mol. The summed E-state index contributed by atoms with van der Waals surface area (Å²) >= 11 is 0. The van der Waals surface area contributed by atoms with Crippen LogP contribution >= 0.6 is 0 Å². The molecule has 2 aromatic rings. The summed E-state index contributed by atoms with van der Waals surface area (Å²) in [6, 6.07) is 11.5. The van der Waals surface area contributed by atoms with Gasteiger partial charge in [-0.05, 0) is 100 Å². The molecule has 0 aromatic heterocycles. The fourth-order valence-corrected chi connectivity index (χ4v) is 4.87. The van der Waals surface area contributed by atoms with Crippen molar-refractivity contribution in [2.75, 3.05) is 30.9 Å². The van der Waals surface area contributed by atoms with Crippen molar-refractivity contribution in [1.29, 1.82) is 0 Å². The minimum atomic E-state index is -3.72. The number of sulfonamides is 1. The highest BCUT2D eigenvalue weighted by Crippen LogP contribution is 2.22. The second-order valence-corrected chi connectivity index (χ2v) is 10.2. The molecule has 7 heteroatoms. The molecule has 0 spiro atoms. The van der Waals surface area contributed by atoms with Crippen molar-refractivity contribution in [3.63, 3.8) is 0 Å². The van der Waals surface area contributed by atoms with Crippen molar-refractivity contribution >= 4 is 21.6 Å². The lowest BCUT2D eigenvalue weighted by Gasteiger charge is -2.30. The Morgan fingerprint density at radius 3 is 2.42 bits per heavy atom. The Bertz CT molecular complexity index is 995. The molecule has 168 valence electrons. The van der Waals surface area contributed by atoms with Gasteiger partial charge in [0, 0.05) is 12.1 Å². The zero-order valence-corrected chi connectivity index (χ0v) is 19.5. The quantitative estimate of drug-likeness (QED) is 0.606. The topological polar surface area (TPSA) is 78.5 Å². The SMILES string of the molecule is Cc1cccc(NS(=O)(=O)c2ccc(C(=O)NCCCN3CCC(C)CC3)cc2)c1C. The third-order valence-electron chi connectivity index (χ3n) is 6.09. The van der Waals surface area contributed by atoms with E-state index in [1.54, 1.807) is 18.2 Å². The van der Waals surface area contributed by atoms with Gasteiger partial charge in [-0.1, -0.05) is 19.1 Å². The number of rotatable bonds is 8. The van der Waals surface area contributed by atoms with Gasteiger partial charge in [0.15, 0.2) is 0 Å². The number of likely N-dealkylation sites (tertiary alicyclic amines) is 1. The van der Waals surface area contributed by atoms with E-state index in [0.29, 0.717) is 17.8 Å². The van der Waals surface area contributed by atoms with Crippen LogP contribution in [0.4, 0.5) is 5.69 Å². The lowest BCUT2D eigenvalue weighted by Crippen LogP contribution is -2.35. The minimum absolute atomic E-state index is 0.129. The van der Waals surface area contributed by atoms with Crippen LogP contribution in [-0.2, 0) is 10.0 Å². The fourth-order valence-electron chi connectivity index (χ4n) is 3.74. The molecule has 2 N–H and O–H groups in total. The average Bonchev–Trinajstić information content (AvgIpc) is 2.75. The minimum Gasteiger partial charge on any atom is -0.352 e. The fraction of sp³-hybridized carbons (Fsp3) is 0.458. The third kappa shape index (κ3) is 6.31. The zero-order chi connectivity index (χ0) is 22.4. The molecule has 1 aliphatic heterocycles. The van der Waals surface area contributed by atoms with Crippen LogP contribution in [0.25, 0.3) is 0 Å². The van der Waals surface area contributed by atoms with Gasteiger partial charge in [0.05, 0.1) is 10.6 Å². The van der Waals surface area contributed by atoms with Gasteiger partial charge in [0.2, 0.25) is 0 Å². The number of aryl methyl sites for hydroxylation is 1. The summed E-state index contributed by atoms with van der Waals surface area (Å²) in [6.07, 6.45) is 3.41. The maximum absolute atomic E-state index is 12.7. The largest absolute Gasteiger partial charge is 0.352 e. The highest BCUT2D eigenvalue weighted by molar-refractivity contribution is 7.92. The van der Waals surface area contributed by atoms with Gasteiger partial charge in [-0.3, -0.25) is 9.52 Å². The zero-order valence-electron chi connectivity index (χ0n) is 18.6. The van der Waals surface area contributed by atoms with E-state index in [-0.39, 0.29) is 10.8 Å². The number of nitrogens with one attached hydrogen (secondary N) is 2. The van der Waals surface area contributed by atoms with Crippen molar-refractivity contribution in [1.82, 2.24) is 10.2 Å². The summed E-state index contributed by atoms with van der Waals surface area (Å²) < 4.78 is 28.1. The summed E-state index contributed by atoms with van der Waals surface area (Å²) in [5.41, 5.74) is 2.92. The van der Waals surface area contributed by atoms with Crippen LogP contribution in [0, 0.1) is 19.8 Å². The first kappa shape index (κ1) is 23.3. The number of anilines is 1. The lowest BCUT2D eigenvalue weighted by atomic mass is 9.99. The first-order valence-corrected chi connectivity index (χ1v) is 12.4. The number of hydrogen-bond acceptors (Lipinski definition) is 4. The number of piperidine rings is 1. The third-order valence-corrected chi connectivity index (χ3v) is 7.47. The predicted octanol–water partition coefficient (Wildman–Crippen LogP) is 3.96. The molecule has 31 heavy (non-hydrogen) atoms. The molecular weight excluding hydrogens is 410 g/mol. The number of benzene rings is 2. The molecule has 0 saturated carbocycles. The number of carbonyl (C=O) groups is 1. The van der Waals surface area contributed by atoms with Gasteiger partial charge >= 0.3 is 0 Å². The molecule has 6 nitrogen and oxygen atoms in total. The second-order valence-electron chi connectivity index (χ2n) is 8.51. The van der Waals surface area contributed by atoms with E-state index >= 15 is 0 Å². The molecule has 0 bridgehead atoms. The normalized spacial score (nSPS) is 15.6. The smallest absolute Gasteiger partial charge is 0.261 e. The van der Waals surface area contributed by atoms with E-state index in [0.717, 1.165) is 43.1 Å². The number of carbonyl (C=O) groups excluding carboxylic acids is 1. The van der Waals surface area contributed by atoms with Gasteiger partial charge in [-0.25, -0.2) is 8.42 Å². The molecule has 1 aliphatic rings. The van der Waals surface area contributed by atoms with Crippen LogP contribution in [0.15, 0.2) is 47.4 Å². The van der Waals surface area contributed by atoms with Crippen LogP contribution in [0.5, 0.6) is 0 Å². The van der Waals surface area contributed by atoms with Gasteiger partial charge < -0.3 is 10.2 Å². The van der Waals surface area contributed by atoms with Crippen LogP contribution in [0.3, 0.4) is 0 Å². The Hall–Kier alpha value is -2.38. The van der Waals surface area contributed by atoms with E-state index in [1.807, 2.05) is 26.0 Å².